The number of halogens is 1. The number of para-hydroxylation sites is 1. The number of hydrogen-bond donors (Lipinski definition) is 0. The van der Waals surface area contributed by atoms with Gasteiger partial charge in [0, 0.05) is 11.4 Å². The van der Waals surface area contributed by atoms with Crippen molar-refractivity contribution in [1.29, 1.82) is 0 Å². The lowest BCUT2D eigenvalue weighted by molar-refractivity contribution is 0.310. The first-order valence-electron chi connectivity index (χ1n) is 6.89. The Labute approximate surface area is 128 Å². The SMILES string of the molecule is ClCCCOc1nc(-c2ccccc2)nc2ccccc12. The molecule has 3 aromatic rings. The molecule has 0 atom stereocenters. The number of benzene rings is 2. The van der Waals surface area contributed by atoms with Crippen LogP contribution in [0.5, 0.6) is 5.88 Å². The zero-order valence-corrected chi connectivity index (χ0v) is 12.3. The Kier molecular flexibility index (Phi) is 4.31. The van der Waals surface area contributed by atoms with Gasteiger partial charge in [0.05, 0.1) is 17.5 Å². The highest BCUT2D eigenvalue weighted by atomic mass is 35.5. The minimum Gasteiger partial charge on any atom is -0.477 e. The van der Waals surface area contributed by atoms with Crippen molar-refractivity contribution in [3.05, 3.63) is 54.6 Å². The molecule has 0 radical (unpaired) electrons. The number of ether oxygens (including phenoxy) is 1. The molecule has 0 unspecified atom stereocenters. The monoisotopic (exact) mass is 298 g/mol. The molecule has 0 aliphatic heterocycles. The lowest BCUT2D eigenvalue weighted by Gasteiger charge is -2.09. The van der Waals surface area contributed by atoms with Gasteiger partial charge in [-0.2, -0.15) is 4.98 Å². The fraction of sp³-hybridized carbons (Fsp3) is 0.176. The molecule has 1 aromatic heterocycles. The maximum Gasteiger partial charge on any atom is 0.225 e. The van der Waals surface area contributed by atoms with Crippen LogP contribution >= 0.6 is 11.6 Å². The van der Waals surface area contributed by atoms with Crippen molar-refractivity contribution >= 4 is 22.5 Å². The highest BCUT2D eigenvalue weighted by Gasteiger charge is 2.09. The Morgan fingerprint density at radius 3 is 2.48 bits per heavy atom. The fourth-order valence-electron chi connectivity index (χ4n) is 2.10. The van der Waals surface area contributed by atoms with Crippen molar-refractivity contribution < 1.29 is 4.74 Å². The second-order valence-corrected chi connectivity index (χ2v) is 5.00. The predicted octanol–water partition coefficient (Wildman–Crippen LogP) is 4.30. The molecule has 0 aliphatic rings. The first-order chi connectivity index (χ1) is 10.4. The summed E-state index contributed by atoms with van der Waals surface area (Å²) in [5, 5.41) is 0.923. The second kappa shape index (κ2) is 6.55. The van der Waals surface area contributed by atoms with Crippen LogP contribution in [-0.2, 0) is 0 Å². The van der Waals surface area contributed by atoms with Gasteiger partial charge in [0.1, 0.15) is 0 Å². The summed E-state index contributed by atoms with van der Waals surface area (Å²) in [4.78, 5) is 9.18. The summed E-state index contributed by atoms with van der Waals surface area (Å²) in [7, 11) is 0. The molecule has 0 bridgehead atoms. The maximum absolute atomic E-state index is 5.79. The smallest absolute Gasteiger partial charge is 0.225 e. The van der Waals surface area contributed by atoms with Gasteiger partial charge in [0.15, 0.2) is 5.82 Å². The van der Waals surface area contributed by atoms with Crippen molar-refractivity contribution in [3.8, 4) is 17.3 Å². The van der Waals surface area contributed by atoms with Gasteiger partial charge in [0.25, 0.3) is 0 Å². The highest BCUT2D eigenvalue weighted by molar-refractivity contribution is 6.17. The van der Waals surface area contributed by atoms with Crippen molar-refractivity contribution in [1.82, 2.24) is 9.97 Å². The van der Waals surface area contributed by atoms with Crippen LogP contribution in [0.25, 0.3) is 22.3 Å². The highest BCUT2D eigenvalue weighted by Crippen LogP contribution is 2.26. The average Bonchev–Trinajstić information content (AvgIpc) is 2.55. The molecule has 2 aromatic carbocycles. The third kappa shape index (κ3) is 3.14. The van der Waals surface area contributed by atoms with Crippen LogP contribution in [0.4, 0.5) is 0 Å². The van der Waals surface area contributed by atoms with Gasteiger partial charge < -0.3 is 4.74 Å². The molecule has 0 saturated heterocycles. The molecule has 3 nitrogen and oxygen atoms in total. The van der Waals surface area contributed by atoms with Crippen molar-refractivity contribution in [2.45, 2.75) is 6.42 Å². The zero-order valence-electron chi connectivity index (χ0n) is 11.5. The largest absolute Gasteiger partial charge is 0.477 e. The second-order valence-electron chi connectivity index (χ2n) is 4.63. The minimum absolute atomic E-state index is 0.554. The standard InChI is InChI=1S/C17H15ClN2O/c18-11-6-12-21-17-14-9-4-5-10-15(14)19-16(20-17)13-7-2-1-3-8-13/h1-5,7-10H,6,11-12H2. The van der Waals surface area contributed by atoms with E-state index in [-0.39, 0.29) is 0 Å². The third-order valence-corrected chi connectivity index (χ3v) is 3.38. The van der Waals surface area contributed by atoms with Crippen LogP contribution in [0.15, 0.2) is 54.6 Å². The van der Waals surface area contributed by atoms with Gasteiger partial charge in [-0.25, -0.2) is 4.98 Å². The number of hydrogen-bond acceptors (Lipinski definition) is 3. The molecule has 0 aliphatic carbocycles. The fourth-order valence-corrected chi connectivity index (χ4v) is 2.21. The van der Waals surface area contributed by atoms with E-state index < -0.39 is 0 Å². The van der Waals surface area contributed by atoms with Gasteiger partial charge in [-0.15, -0.1) is 11.6 Å². The molecule has 21 heavy (non-hydrogen) atoms. The van der Waals surface area contributed by atoms with Crippen LogP contribution in [-0.4, -0.2) is 22.5 Å². The molecule has 0 fully saturated rings. The van der Waals surface area contributed by atoms with Crippen molar-refractivity contribution in [2.24, 2.45) is 0 Å². The number of rotatable bonds is 5. The molecule has 0 amide bonds. The third-order valence-electron chi connectivity index (χ3n) is 3.12. The molecular weight excluding hydrogens is 284 g/mol. The summed E-state index contributed by atoms with van der Waals surface area (Å²) in [5.41, 5.74) is 1.86. The van der Waals surface area contributed by atoms with Crippen LogP contribution < -0.4 is 4.74 Å². The topological polar surface area (TPSA) is 35.0 Å². The molecule has 0 saturated carbocycles. The zero-order chi connectivity index (χ0) is 14.5. The van der Waals surface area contributed by atoms with E-state index in [9.17, 15) is 0 Å². The van der Waals surface area contributed by atoms with Crippen LogP contribution in [0.1, 0.15) is 6.42 Å². The van der Waals surface area contributed by atoms with Gasteiger partial charge in [-0.05, 0) is 18.6 Å². The van der Waals surface area contributed by atoms with E-state index in [1.807, 2.05) is 54.6 Å². The summed E-state index contributed by atoms with van der Waals surface area (Å²) in [6.45, 7) is 0.554. The van der Waals surface area contributed by atoms with Crippen LogP contribution in [0.2, 0.25) is 0 Å². The van der Waals surface area contributed by atoms with Gasteiger partial charge in [-0.3, -0.25) is 0 Å². The van der Waals surface area contributed by atoms with Gasteiger partial charge >= 0.3 is 0 Å². The predicted molar refractivity (Wildman–Crippen MR) is 85.8 cm³/mol. The van der Waals surface area contributed by atoms with E-state index in [1.54, 1.807) is 0 Å². The quantitative estimate of drug-likeness (QED) is 0.520. The maximum atomic E-state index is 5.79. The van der Waals surface area contributed by atoms with E-state index >= 15 is 0 Å². The first kappa shape index (κ1) is 13.8. The number of fused-ring (bicyclic) bond motifs is 1. The van der Waals surface area contributed by atoms with E-state index in [2.05, 4.69) is 9.97 Å². The normalized spacial score (nSPS) is 10.7. The lowest BCUT2D eigenvalue weighted by atomic mass is 10.2. The van der Waals surface area contributed by atoms with Crippen LogP contribution in [0.3, 0.4) is 0 Å². The van der Waals surface area contributed by atoms with Crippen LogP contribution in [0, 0.1) is 0 Å². The molecule has 0 spiro atoms. The van der Waals surface area contributed by atoms with E-state index in [0.29, 0.717) is 24.2 Å². The molecule has 106 valence electrons. The number of nitrogens with zero attached hydrogens (tertiary/aromatic N) is 2. The van der Waals surface area contributed by atoms with Crippen molar-refractivity contribution in [2.75, 3.05) is 12.5 Å². The van der Waals surface area contributed by atoms with Gasteiger partial charge in [0.2, 0.25) is 5.88 Å². The molecule has 4 heteroatoms. The van der Waals surface area contributed by atoms with E-state index in [1.165, 1.54) is 0 Å². The molecule has 3 rings (SSSR count). The summed E-state index contributed by atoms with van der Waals surface area (Å²) < 4.78 is 5.79. The summed E-state index contributed by atoms with van der Waals surface area (Å²) >= 11 is 5.70. The Balaban J connectivity index is 2.06. The molecular formula is C17H15ClN2O. The van der Waals surface area contributed by atoms with Crippen molar-refractivity contribution in [3.63, 3.8) is 0 Å². The first-order valence-corrected chi connectivity index (χ1v) is 7.43. The number of alkyl halides is 1. The Bertz CT molecular complexity index is 731. The summed E-state index contributed by atoms with van der Waals surface area (Å²) in [6, 6.07) is 17.8. The van der Waals surface area contributed by atoms with E-state index in [4.69, 9.17) is 16.3 Å². The minimum atomic E-state index is 0.554. The average molecular weight is 299 g/mol. The Morgan fingerprint density at radius 2 is 1.67 bits per heavy atom. The Hall–Kier alpha value is -2.13. The summed E-state index contributed by atoms with van der Waals surface area (Å²) in [5.74, 6) is 1.87. The number of aromatic nitrogens is 2. The van der Waals surface area contributed by atoms with E-state index in [0.717, 1.165) is 22.9 Å². The van der Waals surface area contributed by atoms with Gasteiger partial charge in [-0.1, -0.05) is 42.5 Å². The summed E-state index contributed by atoms with van der Waals surface area (Å²) in [6.07, 6.45) is 0.792. The molecule has 0 N–H and O–H groups in total. The molecule has 1 heterocycles. The Morgan fingerprint density at radius 1 is 0.905 bits per heavy atom. The lowest BCUT2D eigenvalue weighted by Crippen LogP contribution is -2.02.